The Morgan fingerprint density at radius 3 is 2.58 bits per heavy atom. The normalized spacial score (nSPS) is 13.5. The van der Waals surface area contributed by atoms with Gasteiger partial charge in [-0.2, -0.15) is 0 Å². The SMILES string of the molecule is CC(O)CC(C)(C)Cc1nc(-c2ccccc2)cs1. The fourth-order valence-corrected chi connectivity index (χ4v) is 3.48. The van der Waals surface area contributed by atoms with E-state index in [1.54, 1.807) is 11.3 Å². The van der Waals surface area contributed by atoms with Crippen molar-refractivity contribution in [3.05, 3.63) is 40.7 Å². The Balaban J connectivity index is 2.10. The fraction of sp³-hybridized carbons (Fsp3) is 0.438. The third-order valence-electron chi connectivity index (χ3n) is 3.10. The highest BCUT2D eigenvalue weighted by molar-refractivity contribution is 7.09. The summed E-state index contributed by atoms with van der Waals surface area (Å²) in [6, 6.07) is 10.2. The van der Waals surface area contributed by atoms with Crippen molar-refractivity contribution in [2.24, 2.45) is 5.41 Å². The van der Waals surface area contributed by atoms with E-state index in [9.17, 15) is 5.11 Å². The molecule has 0 bridgehead atoms. The smallest absolute Gasteiger partial charge is 0.0937 e. The lowest BCUT2D eigenvalue weighted by atomic mass is 9.84. The van der Waals surface area contributed by atoms with Gasteiger partial charge in [-0.1, -0.05) is 44.2 Å². The fourth-order valence-electron chi connectivity index (χ4n) is 2.41. The van der Waals surface area contributed by atoms with Crippen LogP contribution in [0.4, 0.5) is 0 Å². The molecule has 1 N–H and O–H groups in total. The molecule has 0 aliphatic heterocycles. The molecular weight excluding hydrogens is 254 g/mol. The van der Waals surface area contributed by atoms with Gasteiger partial charge in [-0.25, -0.2) is 4.98 Å². The Labute approximate surface area is 119 Å². The Kier molecular flexibility index (Phi) is 4.38. The first-order valence-electron chi connectivity index (χ1n) is 6.64. The monoisotopic (exact) mass is 275 g/mol. The molecule has 1 atom stereocenters. The number of thiazole rings is 1. The van der Waals surface area contributed by atoms with E-state index in [1.165, 1.54) is 5.56 Å². The standard InChI is InChI=1S/C16H21NOS/c1-12(18)9-16(2,3)10-15-17-14(11-19-15)13-7-5-4-6-8-13/h4-8,11-12,18H,9-10H2,1-3H3. The quantitative estimate of drug-likeness (QED) is 0.889. The summed E-state index contributed by atoms with van der Waals surface area (Å²) in [4.78, 5) is 4.71. The second-order valence-corrected chi connectivity index (χ2v) is 6.83. The number of rotatable bonds is 5. The minimum atomic E-state index is -0.261. The van der Waals surface area contributed by atoms with Gasteiger partial charge in [0.25, 0.3) is 0 Å². The molecule has 0 spiro atoms. The van der Waals surface area contributed by atoms with Crippen LogP contribution in [0.1, 0.15) is 32.2 Å². The van der Waals surface area contributed by atoms with Gasteiger partial charge in [0.2, 0.25) is 0 Å². The van der Waals surface area contributed by atoms with Crippen LogP contribution < -0.4 is 0 Å². The maximum atomic E-state index is 9.53. The lowest BCUT2D eigenvalue weighted by molar-refractivity contribution is 0.129. The first-order valence-corrected chi connectivity index (χ1v) is 7.52. The van der Waals surface area contributed by atoms with Gasteiger partial charge in [0.1, 0.15) is 0 Å². The van der Waals surface area contributed by atoms with Crippen LogP contribution in [-0.4, -0.2) is 16.2 Å². The molecule has 2 rings (SSSR count). The Hall–Kier alpha value is -1.19. The van der Waals surface area contributed by atoms with Crippen molar-refractivity contribution in [2.45, 2.75) is 39.7 Å². The second kappa shape index (κ2) is 5.85. The summed E-state index contributed by atoms with van der Waals surface area (Å²) in [6.45, 7) is 6.21. The van der Waals surface area contributed by atoms with Gasteiger partial charge in [0.05, 0.1) is 16.8 Å². The summed E-state index contributed by atoms with van der Waals surface area (Å²) in [5, 5.41) is 12.8. The summed E-state index contributed by atoms with van der Waals surface area (Å²) in [5.74, 6) is 0. The van der Waals surface area contributed by atoms with Crippen LogP contribution in [0.25, 0.3) is 11.3 Å². The van der Waals surface area contributed by atoms with Crippen LogP contribution in [0.2, 0.25) is 0 Å². The highest BCUT2D eigenvalue weighted by Crippen LogP contribution is 2.30. The third kappa shape index (κ3) is 4.15. The van der Waals surface area contributed by atoms with Crippen molar-refractivity contribution in [1.82, 2.24) is 4.98 Å². The van der Waals surface area contributed by atoms with E-state index in [-0.39, 0.29) is 11.5 Å². The molecule has 1 aromatic carbocycles. The number of hydrogen-bond donors (Lipinski definition) is 1. The van der Waals surface area contributed by atoms with Crippen LogP contribution in [-0.2, 0) is 6.42 Å². The molecule has 0 aliphatic rings. The van der Waals surface area contributed by atoms with Crippen molar-refractivity contribution in [3.8, 4) is 11.3 Å². The largest absolute Gasteiger partial charge is 0.393 e. The lowest BCUT2D eigenvalue weighted by Gasteiger charge is -2.24. The van der Waals surface area contributed by atoms with Gasteiger partial charge in [-0.05, 0) is 18.8 Å². The molecule has 0 aliphatic carbocycles. The van der Waals surface area contributed by atoms with Crippen molar-refractivity contribution in [2.75, 3.05) is 0 Å². The van der Waals surface area contributed by atoms with Crippen molar-refractivity contribution >= 4 is 11.3 Å². The molecule has 1 heterocycles. The predicted molar refractivity (Wildman–Crippen MR) is 81.3 cm³/mol. The molecule has 0 saturated carbocycles. The van der Waals surface area contributed by atoms with E-state index in [0.717, 1.165) is 23.5 Å². The minimum Gasteiger partial charge on any atom is -0.393 e. The zero-order valence-electron chi connectivity index (χ0n) is 11.8. The van der Waals surface area contributed by atoms with Gasteiger partial charge in [0.15, 0.2) is 0 Å². The van der Waals surface area contributed by atoms with Crippen molar-refractivity contribution in [3.63, 3.8) is 0 Å². The maximum Gasteiger partial charge on any atom is 0.0937 e. The number of benzene rings is 1. The molecule has 1 aromatic heterocycles. The Morgan fingerprint density at radius 1 is 1.26 bits per heavy atom. The average Bonchev–Trinajstić information content (AvgIpc) is 2.76. The summed E-state index contributed by atoms with van der Waals surface area (Å²) >= 11 is 1.71. The van der Waals surface area contributed by atoms with Gasteiger partial charge < -0.3 is 5.11 Å². The highest BCUT2D eigenvalue weighted by Gasteiger charge is 2.22. The van der Waals surface area contributed by atoms with Gasteiger partial charge >= 0.3 is 0 Å². The van der Waals surface area contributed by atoms with E-state index >= 15 is 0 Å². The number of aliphatic hydroxyl groups excluding tert-OH is 1. The van der Waals surface area contributed by atoms with E-state index in [1.807, 2.05) is 25.1 Å². The van der Waals surface area contributed by atoms with E-state index in [0.29, 0.717) is 0 Å². The Bertz CT molecular complexity index is 517. The lowest BCUT2D eigenvalue weighted by Crippen LogP contribution is -2.20. The molecule has 3 heteroatoms. The van der Waals surface area contributed by atoms with Gasteiger partial charge in [-0.15, -0.1) is 11.3 Å². The van der Waals surface area contributed by atoms with Crippen LogP contribution >= 0.6 is 11.3 Å². The zero-order valence-corrected chi connectivity index (χ0v) is 12.6. The molecule has 0 saturated heterocycles. The molecule has 0 radical (unpaired) electrons. The topological polar surface area (TPSA) is 33.1 Å². The van der Waals surface area contributed by atoms with Crippen molar-refractivity contribution < 1.29 is 5.11 Å². The summed E-state index contributed by atoms with van der Waals surface area (Å²) in [6.07, 6.45) is 1.45. The van der Waals surface area contributed by atoms with Crippen LogP contribution in [0, 0.1) is 5.41 Å². The molecule has 0 amide bonds. The van der Waals surface area contributed by atoms with Gasteiger partial charge in [0, 0.05) is 17.4 Å². The summed E-state index contributed by atoms with van der Waals surface area (Å²) in [7, 11) is 0. The Morgan fingerprint density at radius 2 is 1.95 bits per heavy atom. The van der Waals surface area contributed by atoms with Crippen LogP contribution in [0.3, 0.4) is 0 Å². The zero-order chi connectivity index (χ0) is 13.9. The van der Waals surface area contributed by atoms with E-state index in [2.05, 4.69) is 31.4 Å². The molecular formula is C16H21NOS. The van der Waals surface area contributed by atoms with Crippen molar-refractivity contribution in [1.29, 1.82) is 0 Å². The number of aromatic nitrogens is 1. The molecule has 2 aromatic rings. The second-order valence-electron chi connectivity index (χ2n) is 5.89. The first kappa shape index (κ1) is 14.2. The van der Waals surface area contributed by atoms with E-state index in [4.69, 9.17) is 4.98 Å². The average molecular weight is 275 g/mol. The highest BCUT2D eigenvalue weighted by atomic mass is 32.1. The van der Waals surface area contributed by atoms with Gasteiger partial charge in [-0.3, -0.25) is 0 Å². The summed E-state index contributed by atoms with van der Waals surface area (Å²) in [5.41, 5.74) is 2.30. The number of hydrogen-bond acceptors (Lipinski definition) is 3. The molecule has 2 nitrogen and oxygen atoms in total. The summed E-state index contributed by atoms with van der Waals surface area (Å²) < 4.78 is 0. The van der Waals surface area contributed by atoms with Crippen LogP contribution in [0.5, 0.6) is 0 Å². The third-order valence-corrected chi connectivity index (χ3v) is 3.95. The maximum absolute atomic E-state index is 9.53. The van der Waals surface area contributed by atoms with E-state index < -0.39 is 0 Å². The molecule has 102 valence electrons. The molecule has 0 fully saturated rings. The number of nitrogens with zero attached hydrogens (tertiary/aromatic N) is 1. The predicted octanol–water partition coefficient (Wildman–Crippen LogP) is 4.15. The molecule has 19 heavy (non-hydrogen) atoms. The minimum absolute atomic E-state index is 0.0833. The number of aliphatic hydroxyl groups is 1. The molecule has 1 unspecified atom stereocenters. The first-order chi connectivity index (χ1) is 8.96. The van der Waals surface area contributed by atoms with Crippen LogP contribution in [0.15, 0.2) is 35.7 Å².